The van der Waals surface area contributed by atoms with Crippen LogP contribution in [-0.4, -0.2) is 22.0 Å². The first kappa shape index (κ1) is 27.4. The Morgan fingerprint density at radius 2 is 1.50 bits per heavy atom. The van der Waals surface area contributed by atoms with Crippen LogP contribution in [0.1, 0.15) is 104 Å². The van der Waals surface area contributed by atoms with Crippen LogP contribution in [0.3, 0.4) is 0 Å². The van der Waals surface area contributed by atoms with Gasteiger partial charge in [0.15, 0.2) is 5.78 Å². The molecular weight excluding hydrogens is 472 g/mol. The fourth-order valence-corrected chi connectivity index (χ4v) is 5.41. The van der Waals surface area contributed by atoms with Crippen LogP contribution in [-0.2, 0) is 16.2 Å². The lowest BCUT2D eigenvalue weighted by Gasteiger charge is -2.43. The van der Waals surface area contributed by atoms with Crippen molar-refractivity contribution in [1.29, 1.82) is 0 Å². The third-order valence-electron chi connectivity index (χ3n) is 7.95. The fourth-order valence-electron chi connectivity index (χ4n) is 5.41. The molecule has 0 bridgehead atoms. The smallest absolute Gasteiger partial charge is 0.339 e. The van der Waals surface area contributed by atoms with E-state index >= 15 is 0 Å². The van der Waals surface area contributed by atoms with Crippen LogP contribution in [0.25, 0.3) is 17.2 Å². The number of fused-ring (bicyclic) bond motifs is 1. The molecule has 0 aromatic heterocycles. The molecule has 0 saturated heterocycles. The maximum Gasteiger partial charge on any atom is 0.339 e. The number of hydrogen-bond donors (Lipinski definition) is 2. The van der Waals surface area contributed by atoms with E-state index in [4.69, 9.17) is 5.11 Å². The van der Waals surface area contributed by atoms with Crippen LogP contribution < -0.4 is 0 Å². The third kappa shape index (κ3) is 5.31. The largest absolute Gasteiger partial charge is 0.507 e. The van der Waals surface area contributed by atoms with Crippen molar-refractivity contribution in [3.05, 3.63) is 94.1 Å². The predicted octanol–water partition coefficient (Wildman–Crippen LogP) is 8.30. The first-order valence-electron chi connectivity index (χ1n) is 13.2. The number of carbonyl (C=O) groups is 2. The number of carbonyl (C=O) groups excluding carboxylic acids is 1. The molecule has 4 rings (SSSR count). The molecule has 1 aliphatic rings. The van der Waals surface area contributed by atoms with Crippen molar-refractivity contribution in [1.82, 2.24) is 0 Å². The quantitative estimate of drug-likeness (QED) is 0.267. The topological polar surface area (TPSA) is 74.6 Å². The van der Waals surface area contributed by atoms with Crippen LogP contribution >= 0.6 is 0 Å². The first-order chi connectivity index (χ1) is 17.6. The van der Waals surface area contributed by atoms with Crippen molar-refractivity contribution in [2.24, 2.45) is 0 Å². The van der Waals surface area contributed by atoms with E-state index in [-0.39, 0.29) is 33.3 Å². The lowest BCUT2D eigenvalue weighted by Crippen LogP contribution is -2.34. The lowest BCUT2D eigenvalue weighted by molar-refractivity contribution is 0.0693. The number of carboxylic acids is 1. The zero-order valence-corrected chi connectivity index (χ0v) is 23.5. The predicted molar refractivity (Wildman–Crippen MR) is 154 cm³/mol. The van der Waals surface area contributed by atoms with Gasteiger partial charge < -0.3 is 10.2 Å². The molecule has 0 unspecified atom stereocenters. The van der Waals surface area contributed by atoms with Gasteiger partial charge in [0.25, 0.3) is 0 Å². The molecule has 0 saturated carbocycles. The Labute approximate surface area is 226 Å². The zero-order chi connectivity index (χ0) is 28.0. The van der Waals surface area contributed by atoms with E-state index in [9.17, 15) is 14.7 Å². The van der Waals surface area contributed by atoms with Gasteiger partial charge in [-0.25, -0.2) is 4.79 Å². The fraction of sp³-hybridized carbons (Fsp3) is 0.353. The highest BCUT2D eigenvalue weighted by Gasteiger charge is 2.39. The summed E-state index contributed by atoms with van der Waals surface area (Å²) in [6, 6.07) is 17.1. The Balaban J connectivity index is 1.82. The first-order valence-corrected chi connectivity index (χ1v) is 13.2. The standard InChI is InChI=1S/C34H38O4/c1-32(2,3)24-12-10-22(11-13-24)26-19-23(20-27-30(26)34(6,7)17-16-33(27,4)5)28(35)15-9-21-8-14-25(31(37)38)29(36)18-21/h8-15,18-20,36H,16-17H2,1-7H3,(H,37,38)/b15-9-. The van der Waals surface area contributed by atoms with Crippen LogP contribution in [0, 0.1) is 0 Å². The number of rotatable bonds is 5. The molecule has 3 aromatic carbocycles. The second kappa shape index (κ2) is 9.58. The maximum atomic E-state index is 13.5. The molecule has 0 spiro atoms. The third-order valence-corrected chi connectivity index (χ3v) is 7.95. The molecule has 0 fully saturated rings. The van der Waals surface area contributed by atoms with Gasteiger partial charge >= 0.3 is 5.97 Å². The van der Waals surface area contributed by atoms with Gasteiger partial charge in [0, 0.05) is 5.56 Å². The van der Waals surface area contributed by atoms with Crippen molar-refractivity contribution >= 4 is 17.8 Å². The van der Waals surface area contributed by atoms with Crippen LogP contribution in [0.5, 0.6) is 5.75 Å². The van der Waals surface area contributed by atoms with Crippen LogP contribution in [0.2, 0.25) is 0 Å². The average molecular weight is 511 g/mol. The van der Waals surface area contributed by atoms with E-state index in [1.807, 2.05) is 6.07 Å². The Hall–Kier alpha value is -3.66. The van der Waals surface area contributed by atoms with Gasteiger partial charge in [-0.1, -0.05) is 84.9 Å². The van der Waals surface area contributed by atoms with E-state index in [2.05, 4.69) is 78.8 Å². The molecule has 0 heterocycles. The summed E-state index contributed by atoms with van der Waals surface area (Å²) in [5.74, 6) is -1.66. The van der Waals surface area contributed by atoms with Crippen molar-refractivity contribution < 1.29 is 19.8 Å². The van der Waals surface area contributed by atoms with Crippen molar-refractivity contribution in [2.45, 2.75) is 77.6 Å². The Morgan fingerprint density at radius 3 is 2.08 bits per heavy atom. The van der Waals surface area contributed by atoms with Crippen LogP contribution in [0.4, 0.5) is 0 Å². The molecule has 4 nitrogen and oxygen atoms in total. The molecule has 2 N–H and O–H groups in total. The highest BCUT2D eigenvalue weighted by molar-refractivity contribution is 6.08. The normalized spacial score (nSPS) is 16.3. The number of aromatic carboxylic acids is 1. The van der Waals surface area contributed by atoms with Crippen molar-refractivity contribution in [3.63, 3.8) is 0 Å². The van der Waals surface area contributed by atoms with E-state index in [0.717, 1.165) is 24.0 Å². The van der Waals surface area contributed by atoms with Gasteiger partial charge in [-0.3, -0.25) is 4.79 Å². The van der Waals surface area contributed by atoms with E-state index in [1.165, 1.54) is 34.9 Å². The van der Waals surface area contributed by atoms with Gasteiger partial charge in [-0.2, -0.15) is 0 Å². The summed E-state index contributed by atoms with van der Waals surface area (Å²) in [6.07, 6.45) is 5.21. The highest BCUT2D eigenvalue weighted by Crippen LogP contribution is 2.50. The SMILES string of the molecule is CC(C)(C)c1ccc(-c2cc(C(=O)/C=C\c3ccc(C(=O)O)c(O)c3)cc3c2C(C)(C)CCC3(C)C)cc1. The number of benzene rings is 3. The van der Waals surface area contributed by atoms with Gasteiger partial charge in [0.05, 0.1) is 0 Å². The summed E-state index contributed by atoms with van der Waals surface area (Å²) in [4.78, 5) is 24.6. The number of hydrogen-bond acceptors (Lipinski definition) is 3. The average Bonchev–Trinajstić information content (AvgIpc) is 2.84. The molecule has 0 aliphatic heterocycles. The molecule has 4 heteroatoms. The molecule has 0 amide bonds. The van der Waals surface area contributed by atoms with Crippen molar-refractivity contribution in [3.8, 4) is 16.9 Å². The summed E-state index contributed by atoms with van der Waals surface area (Å²) < 4.78 is 0. The summed E-state index contributed by atoms with van der Waals surface area (Å²) in [5, 5.41) is 19.2. The van der Waals surface area contributed by atoms with Gasteiger partial charge in [0.1, 0.15) is 11.3 Å². The minimum atomic E-state index is -1.20. The number of phenols is 1. The zero-order valence-electron chi connectivity index (χ0n) is 23.5. The summed E-state index contributed by atoms with van der Waals surface area (Å²) in [7, 11) is 0. The second-order valence-electron chi connectivity index (χ2n) is 12.8. The maximum absolute atomic E-state index is 13.5. The van der Waals surface area contributed by atoms with E-state index < -0.39 is 5.97 Å². The summed E-state index contributed by atoms with van der Waals surface area (Å²) in [6.45, 7) is 15.7. The molecule has 1 aliphatic carbocycles. The Kier molecular flexibility index (Phi) is 6.90. The molecule has 0 atom stereocenters. The number of allylic oxidation sites excluding steroid dienone is 1. The molecule has 0 radical (unpaired) electrons. The monoisotopic (exact) mass is 510 g/mol. The molecule has 38 heavy (non-hydrogen) atoms. The highest BCUT2D eigenvalue weighted by atomic mass is 16.4. The number of ketones is 1. The minimum absolute atomic E-state index is 0.0241. The van der Waals surface area contributed by atoms with Gasteiger partial charge in [-0.15, -0.1) is 0 Å². The van der Waals surface area contributed by atoms with Gasteiger partial charge in [-0.05, 0) is 92.8 Å². The summed E-state index contributed by atoms with van der Waals surface area (Å²) in [5.41, 5.74) is 6.96. The molecular formula is C34H38O4. The van der Waals surface area contributed by atoms with Crippen molar-refractivity contribution in [2.75, 3.05) is 0 Å². The van der Waals surface area contributed by atoms with Gasteiger partial charge in [0.2, 0.25) is 0 Å². The molecule has 198 valence electrons. The molecule has 3 aromatic rings. The Morgan fingerprint density at radius 1 is 0.868 bits per heavy atom. The van der Waals surface area contributed by atoms with E-state index in [0.29, 0.717) is 11.1 Å². The lowest BCUT2D eigenvalue weighted by atomic mass is 9.61. The number of aromatic hydroxyl groups is 1. The van der Waals surface area contributed by atoms with E-state index in [1.54, 1.807) is 12.1 Å². The minimum Gasteiger partial charge on any atom is -0.507 e. The number of carboxylic acid groups (broad SMARTS) is 1. The Bertz CT molecular complexity index is 1430. The van der Waals surface area contributed by atoms with Crippen LogP contribution in [0.15, 0.2) is 60.7 Å². The summed E-state index contributed by atoms with van der Waals surface area (Å²) >= 11 is 0. The second-order valence-corrected chi connectivity index (χ2v) is 12.8.